The Balaban J connectivity index is 1.77. The van der Waals surface area contributed by atoms with E-state index in [1.54, 1.807) is 40.0 Å². The van der Waals surface area contributed by atoms with Crippen LogP contribution in [0.25, 0.3) is 10.9 Å². The van der Waals surface area contributed by atoms with Crippen molar-refractivity contribution < 1.29 is 32.9 Å². The van der Waals surface area contributed by atoms with E-state index < -0.39 is 53.4 Å². The molecule has 3 aromatic rings. The molecule has 0 radical (unpaired) electrons. The fraction of sp³-hybridized carbons (Fsp3) is 0.385. The van der Waals surface area contributed by atoms with Crippen LogP contribution in [0.1, 0.15) is 49.7 Å². The molecule has 0 fully saturated rings. The van der Waals surface area contributed by atoms with Crippen molar-refractivity contribution in [2.75, 3.05) is 18.5 Å². The van der Waals surface area contributed by atoms with Gasteiger partial charge in [-0.1, -0.05) is 28.1 Å². The number of alkyl halides is 3. The van der Waals surface area contributed by atoms with Gasteiger partial charge < -0.3 is 24.4 Å². The van der Waals surface area contributed by atoms with Crippen LogP contribution in [0.2, 0.25) is 0 Å². The third kappa shape index (κ3) is 5.38. The van der Waals surface area contributed by atoms with Crippen molar-refractivity contribution in [3.05, 3.63) is 67.9 Å². The number of hydrogen-bond donors (Lipinski definition) is 3. The lowest BCUT2D eigenvalue weighted by molar-refractivity contribution is -0.154. The molecule has 0 bridgehead atoms. The van der Waals surface area contributed by atoms with Gasteiger partial charge in [-0.25, -0.2) is 0 Å². The molecule has 0 spiro atoms. The van der Waals surface area contributed by atoms with Crippen molar-refractivity contribution in [1.29, 1.82) is 0 Å². The standard InChI is InChI=1S/C26H27BrF3N3O5/c1-25(2,3)38-19(34)11-31-23(36)20-22(35)16-9-15(27)10-17-21(16)33(24(20)37)12-18(32(17)4)13-5-7-14(8-6-13)26(28,29)30/h5-10,18,23,31,35-36H,11-12H2,1-4H3. The lowest BCUT2D eigenvalue weighted by Gasteiger charge is -2.37. The number of pyridine rings is 1. The molecule has 2 aromatic carbocycles. The van der Waals surface area contributed by atoms with Gasteiger partial charge in [-0.15, -0.1) is 0 Å². The van der Waals surface area contributed by atoms with Gasteiger partial charge in [0.1, 0.15) is 23.1 Å². The van der Waals surface area contributed by atoms with E-state index in [2.05, 4.69) is 21.2 Å². The van der Waals surface area contributed by atoms with Gasteiger partial charge in [-0.05, 0) is 50.6 Å². The summed E-state index contributed by atoms with van der Waals surface area (Å²) >= 11 is 3.41. The quantitative estimate of drug-likeness (QED) is 0.292. The van der Waals surface area contributed by atoms with Crippen LogP contribution in [0, 0.1) is 0 Å². The minimum Gasteiger partial charge on any atom is -0.507 e. The van der Waals surface area contributed by atoms with Crippen molar-refractivity contribution >= 4 is 38.5 Å². The summed E-state index contributed by atoms with van der Waals surface area (Å²) in [5.41, 5.74) is -1.09. The maximum Gasteiger partial charge on any atom is 0.416 e. The van der Waals surface area contributed by atoms with Crippen LogP contribution in [-0.2, 0) is 22.3 Å². The minimum absolute atomic E-state index is 0.0396. The lowest BCUT2D eigenvalue weighted by atomic mass is 9.98. The molecule has 4 rings (SSSR count). The molecule has 12 heteroatoms. The Morgan fingerprint density at radius 1 is 1.21 bits per heavy atom. The minimum atomic E-state index is -4.48. The second-order valence-electron chi connectivity index (χ2n) is 10.1. The summed E-state index contributed by atoms with van der Waals surface area (Å²) in [6.07, 6.45) is -6.18. The van der Waals surface area contributed by atoms with Crippen LogP contribution in [0.5, 0.6) is 5.75 Å². The first kappa shape index (κ1) is 27.9. The molecular weight excluding hydrogens is 571 g/mol. The largest absolute Gasteiger partial charge is 0.507 e. The highest BCUT2D eigenvalue weighted by molar-refractivity contribution is 9.10. The highest BCUT2D eigenvalue weighted by Crippen LogP contribution is 2.43. The Bertz CT molecular complexity index is 1450. The van der Waals surface area contributed by atoms with Gasteiger partial charge in [0.05, 0.1) is 35.9 Å². The molecule has 2 heterocycles. The van der Waals surface area contributed by atoms with Crippen molar-refractivity contribution in [2.45, 2.75) is 51.4 Å². The van der Waals surface area contributed by atoms with E-state index in [9.17, 15) is 33.0 Å². The molecule has 3 N–H and O–H groups in total. The summed E-state index contributed by atoms with van der Waals surface area (Å²) in [7, 11) is 1.75. The molecule has 0 saturated heterocycles. The summed E-state index contributed by atoms with van der Waals surface area (Å²) in [5, 5.41) is 24.6. The second kappa shape index (κ2) is 9.90. The van der Waals surface area contributed by atoms with Crippen LogP contribution >= 0.6 is 15.9 Å². The molecule has 0 saturated carbocycles. The lowest BCUT2D eigenvalue weighted by Crippen LogP contribution is -2.40. The summed E-state index contributed by atoms with van der Waals surface area (Å²) in [6, 6.07) is 7.53. The number of benzene rings is 2. The van der Waals surface area contributed by atoms with Crippen LogP contribution in [0.3, 0.4) is 0 Å². The fourth-order valence-electron chi connectivity index (χ4n) is 4.58. The first-order chi connectivity index (χ1) is 17.6. The number of nitrogens with one attached hydrogen (secondary N) is 1. The van der Waals surface area contributed by atoms with E-state index in [1.807, 2.05) is 4.90 Å². The number of nitrogens with zero attached hydrogens (tertiary/aromatic N) is 2. The number of carbonyl (C=O) groups is 1. The molecule has 2 unspecified atom stereocenters. The van der Waals surface area contributed by atoms with E-state index >= 15 is 0 Å². The zero-order valence-electron chi connectivity index (χ0n) is 21.1. The topological polar surface area (TPSA) is 104 Å². The Morgan fingerprint density at radius 2 is 1.84 bits per heavy atom. The number of aliphatic hydroxyl groups is 1. The van der Waals surface area contributed by atoms with E-state index in [4.69, 9.17) is 4.74 Å². The normalized spacial score (nSPS) is 16.6. The first-order valence-electron chi connectivity index (χ1n) is 11.7. The molecule has 0 aliphatic carbocycles. The van der Waals surface area contributed by atoms with Crippen molar-refractivity contribution in [2.24, 2.45) is 0 Å². The molecule has 1 aromatic heterocycles. The molecule has 38 heavy (non-hydrogen) atoms. The van der Waals surface area contributed by atoms with Crippen molar-refractivity contribution in [3.63, 3.8) is 0 Å². The van der Waals surface area contributed by atoms with Crippen molar-refractivity contribution in [3.8, 4) is 5.75 Å². The summed E-state index contributed by atoms with van der Waals surface area (Å²) in [4.78, 5) is 27.5. The Hall–Kier alpha value is -3.09. The van der Waals surface area contributed by atoms with Gasteiger partial charge >= 0.3 is 12.1 Å². The van der Waals surface area contributed by atoms with Gasteiger partial charge in [0.25, 0.3) is 5.56 Å². The number of rotatable bonds is 5. The SMILES string of the molecule is CN1c2cc(Br)cc3c(O)c(C(O)NCC(=O)OC(C)(C)C)c(=O)n(c23)CC1c1ccc(C(F)(F)F)cc1. The Kier molecular flexibility index (Phi) is 7.28. The van der Waals surface area contributed by atoms with Gasteiger partial charge in [0.15, 0.2) is 0 Å². The number of ether oxygens (including phenoxy) is 1. The van der Waals surface area contributed by atoms with Crippen LogP contribution < -0.4 is 15.8 Å². The zero-order valence-corrected chi connectivity index (χ0v) is 22.6. The van der Waals surface area contributed by atoms with Crippen LogP contribution in [0.4, 0.5) is 18.9 Å². The molecule has 0 amide bonds. The number of likely N-dealkylation sites (N-methyl/N-ethyl adjacent to an activating group) is 1. The number of halogens is 4. The second-order valence-corrected chi connectivity index (χ2v) is 11.0. The number of aromatic nitrogens is 1. The van der Waals surface area contributed by atoms with Crippen molar-refractivity contribution in [1.82, 2.24) is 9.88 Å². The van der Waals surface area contributed by atoms with Gasteiger partial charge in [-0.3, -0.25) is 14.9 Å². The average Bonchev–Trinajstić information content (AvgIpc) is 2.80. The van der Waals surface area contributed by atoms with E-state index in [0.717, 1.165) is 12.1 Å². The molecule has 8 nitrogen and oxygen atoms in total. The molecule has 1 aliphatic rings. The monoisotopic (exact) mass is 597 g/mol. The Labute approximate surface area is 224 Å². The fourth-order valence-corrected chi connectivity index (χ4v) is 5.02. The van der Waals surface area contributed by atoms with Crippen LogP contribution in [0.15, 0.2) is 45.7 Å². The third-order valence-corrected chi connectivity index (χ3v) is 6.73. The molecular formula is C26H27BrF3N3O5. The first-order valence-corrected chi connectivity index (χ1v) is 12.5. The summed E-state index contributed by atoms with van der Waals surface area (Å²) < 4.78 is 46.4. The smallest absolute Gasteiger partial charge is 0.416 e. The number of carbonyl (C=O) groups excluding carboxylic acids is 1. The average molecular weight is 598 g/mol. The molecule has 2 atom stereocenters. The Morgan fingerprint density at radius 3 is 2.42 bits per heavy atom. The van der Waals surface area contributed by atoms with E-state index in [-0.39, 0.29) is 17.5 Å². The number of anilines is 1. The van der Waals surface area contributed by atoms with Gasteiger partial charge in [-0.2, -0.15) is 13.2 Å². The molecule has 1 aliphatic heterocycles. The number of hydrogen-bond acceptors (Lipinski definition) is 7. The van der Waals surface area contributed by atoms with Gasteiger partial charge in [0.2, 0.25) is 0 Å². The maximum absolute atomic E-state index is 13.6. The zero-order chi connectivity index (χ0) is 28.2. The molecule has 204 valence electrons. The summed E-state index contributed by atoms with van der Waals surface area (Å²) in [6.45, 7) is 4.68. The summed E-state index contributed by atoms with van der Waals surface area (Å²) in [5.74, 6) is -1.11. The van der Waals surface area contributed by atoms with E-state index in [0.29, 0.717) is 21.2 Å². The number of aromatic hydroxyl groups is 1. The van der Waals surface area contributed by atoms with E-state index in [1.165, 1.54) is 16.7 Å². The third-order valence-electron chi connectivity index (χ3n) is 6.27. The van der Waals surface area contributed by atoms with Crippen LogP contribution in [-0.4, -0.2) is 39.9 Å². The predicted octanol–water partition coefficient (Wildman–Crippen LogP) is 4.60. The highest BCUT2D eigenvalue weighted by atomic mass is 79.9. The highest BCUT2D eigenvalue weighted by Gasteiger charge is 2.34. The predicted molar refractivity (Wildman–Crippen MR) is 139 cm³/mol. The maximum atomic E-state index is 13.6. The van der Waals surface area contributed by atoms with Gasteiger partial charge in [0, 0.05) is 16.9 Å². The number of aliphatic hydroxyl groups excluding tert-OH is 1. The number of esters is 1.